The van der Waals surface area contributed by atoms with Crippen LogP contribution in [0.2, 0.25) is 0 Å². The number of anilines is 1. The molecule has 0 bridgehead atoms. The maximum atomic E-state index is 11.6. The van der Waals surface area contributed by atoms with E-state index >= 15 is 0 Å². The van der Waals surface area contributed by atoms with E-state index in [4.69, 9.17) is 5.11 Å². The second-order valence-electron chi connectivity index (χ2n) is 4.29. The van der Waals surface area contributed by atoms with Gasteiger partial charge in [-0.2, -0.15) is 0 Å². The van der Waals surface area contributed by atoms with Crippen LogP contribution in [-0.4, -0.2) is 36.9 Å². The van der Waals surface area contributed by atoms with Crippen LogP contribution in [0.5, 0.6) is 0 Å². The van der Waals surface area contributed by atoms with Crippen LogP contribution in [0.3, 0.4) is 0 Å². The lowest BCUT2D eigenvalue weighted by atomic mass is 10.1. The van der Waals surface area contributed by atoms with E-state index in [0.717, 1.165) is 11.1 Å². The first kappa shape index (κ1) is 15.2. The van der Waals surface area contributed by atoms with Crippen LogP contribution >= 0.6 is 0 Å². The highest BCUT2D eigenvalue weighted by Crippen LogP contribution is 2.16. The van der Waals surface area contributed by atoms with Crippen molar-refractivity contribution in [2.45, 2.75) is 13.8 Å². The Bertz CT molecular complexity index is 607. The number of hydrogen-bond donors (Lipinski definition) is 2. The summed E-state index contributed by atoms with van der Waals surface area (Å²) >= 11 is 0. The zero-order chi connectivity index (χ0) is 14.6. The molecule has 0 aliphatic carbocycles. The van der Waals surface area contributed by atoms with Crippen molar-refractivity contribution in [1.82, 2.24) is 0 Å². The van der Waals surface area contributed by atoms with Crippen LogP contribution in [0.4, 0.5) is 5.69 Å². The van der Waals surface area contributed by atoms with E-state index in [-0.39, 0.29) is 0 Å². The Labute approximate surface area is 111 Å². The Morgan fingerprint density at radius 3 is 2.42 bits per heavy atom. The molecule has 0 aromatic heterocycles. The lowest BCUT2D eigenvalue weighted by Crippen LogP contribution is -2.27. The predicted octanol–water partition coefficient (Wildman–Crippen LogP) is 0.741. The van der Waals surface area contributed by atoms with Crippen LogP contribution in [-0.2, 0) is 19.4 Å². The molecule has 0 spiro atoms. The fraction of sp³-hybridized carbons (Fsp3) is 0.333. The van der Waals surface area contributed by atoms with Gasteiger partial charge in [0.2, 0.25) is 5.91 Å². The molecule has 0 unspecified atom stereocenters. The molecule has 19 heavy (non-hydrogen) atoms. The lowest BCUT2D eigenvalue weighted by molar-refractivity contribution is -0.134. The van der Waals surface area contributed by atoms with E-state index in [9.17, 15) is 18.0 Å². The molecule has 0 radical (unpaired) electrons. The minimum atomic E-state index is -3.93. The molecule has 6 nitrogen and oxygen atoms in total. The fourth-order valence-electron chi connectivity index (χ4n) is 1.50. The standard InChI is InChI=1S/C12H15NO5S/c1-8-3-4-9(2)10(5-8)13-11(14)6-19(17,18)7-12(15)16/h3-5H,6-7H2,1-2H3,(H,13,14)(H,15,16). The molecule has 2 N–H and O–H groups in total. The Morgan fingerprint density at radius 1 is 1.21 bits per heavy atom. The normalized spacial score (nSPS) is 11.1. The summed E-state index contributed by atoms with van der Waals surface area (Å²) < 4.78 is 22.7. The number of rotatable bonds is 5. The van der Waals surface area contributed by atoms with Crippen molar-refractivity contribution >= 4 is 27.4 Å². The van der Waals surface area contributed by atoms with Crippen molar-refractivity contribution in [2.75, 3.05) is 16.8 Å². The number of aryl methyl sites for hydroxylation is 2. The maximum absolute atomic E-state index is 11.6. The van der Waals surface area contributed by atoms with Crippen molar-refractivity contribution in [3.05, 3.63) is 29.3 Å². The summed E-state index contributed by atoms with van der Waals surface area (Å²) in [5.41, 5.74) is 2.25. The van der Waals surface area contributed by atoms with Gasteiger partial charge in [-0.3, -0.25) is 9.59 Å². The number of amides is 1. The maximum Gasteiger partial charge on any atom is 0.318 e. The molecule has 0 atom stereocenters. The van der Waals surface area contributed by atoms with E-state index in [1.807, 2.05) is 13.0 Å². The monoisotopic (exact) mass is 285 g/mol. The molecule has 1 amide bonds. The molecule has 1 rings (SSSR count). The van der Waals surface area contributed by atoms with Gasteiger partial charge in [0.1, 0.15) is 11.5 Å². The van der Waals surface area contributed by atoms with Crippen molar-refractivity contribution < 1.29 is 23.1 Å². The molecule has 1 aromatic carbocycles. The minimum absolute atomic E-state index is 0.524. The average molecular weight is 285 g/mol. The number of benzene rings is 1. The zero-order valence-electron chi connectivity index (χ0n) is 10.6. The van der Waals surface area contributed by atoms with Crippen molar-refractivity contribution in [2.24, 2.45) is 0 Å². The molecule has 0 saturated heterocycles. The summed E-state index contributed by atoms with van der Waals surface area (Å²) in [5, 5.41) is 10.9. The Balaban J connectivity index is 2.76. The third-order valence-electron chi connectivity index (χ3n) is 2.36. The van der Waals surface area contributed by atoms with Gasteiger partial charge in [0.15, 0.2) is 9.84 Å². The number of carboxylic acids is 1. The smallest absolute Gasteiger partial charge is 0.318 e. The molecular weight excluding hydrogens is 270 g/mol. The van der Waals surface area contributed by atoms with Gasteiger partial charge in [-0.1, -0.05) is 12.1 Å². The molecule has 104 valence electrons. The minimum Gasteiger partial charge on any atom is -0.480 e. The highest BCUT2D eigenvalue weighted by molar-refractivity contribution is 7.92. The third-order valence-corrected chi connectivity index (χ3v) is 3.75. The Morgan fingerprint density at radius 2 is 1.84 bits per heavy atom. The lowest BCUT2D eigenvalue weighted by Gasteiger charge is -2.09. The molecule has 0 fully saturated rings. The number of hydrogen-bond acceptors (Lipinski definition) is 4. The quantitative estimate of drug-likeness (QED) is 0.831. The van der Waals surface area contributed by atoms with Crippen molar-refractivity contribution in [3.63, 3.8) is 0 Å². The van der Waals surface area contributed by atoms with E-state index in [0.29, 0.717) is 5.69 Å². The van der Waals surface area contributed by atoms with Crippen molar-refractivity contribution in [3.8, 4) is 0 Å². The summed E-state index contributed by atoms with van der Waals surface area (Å²) in [4.78, 5) is 21.9. The van der Waals surface area contributed by atoms with E-state index in [1.165, 1.54) is 0 Å². The van der Waals surface area contributed by atoms with Gasteiger partial charge in [0.25, 0.3) is 0 Å². The molecule has 7 heteroatoms. The van der Waals surface area contributed by atoms with Crippen LogP contribution in [0, 0.1) is 13.8 Å². The molecule has 1 aromatic rings. The zero-order valence-corrected chi connectivity index (χ0v) is 11.5. The first-order valence-electron chi connectivity index (χ1n) is 5.49. The van der Waals surface area contributed by atoms with Gasteiger partial charge < -0.3 is 10.4 Å². The highest BCUT2D eigenvalue weighted by atomic mass is 32.2. The Kier molecular flexibility index (Phi) is 4.66. The topological polar surface area (TPSA) is 101 Å². The first-order valence-corrected chi connectivity index (χ1v) is 7.31. The molecule has 0 aliphatic rings. The average Bonchev–Trinajstić information content (AvgIpc) is 2.20. The fourth-order valence-corrected chi connectivity index (χ4v) is 2.45. The predicted molar refractivity (Wildman–Crippen MR) is 70.8 cm³/mol. The second kappa shape index (κ2) is 5.83. The molecule has 0 saturated carbocycles. The third kappa shape index (κ3) is 5.09. The van der Waals surface area contributed by atoms with Gasteiger partial charge in [-0.15, -0.1) is 0 Å². The molecule has 0 aliphatic heterocycles. The summed E-state index contributed by atoms with van der Waals surface area (Å²) in [6.45, 7) is 3.62. The number of carboxylic acid groups (broad SMARTS) is 1. The number of aliphatic carboxylic acids is 1. The molecule has 0 heterocycles. The summed E-state index contributed by atoms with van der Waals surface area (Å²) in [7, 11) is -3.93. The number of nitrogens with one attached hydrogen (secondary N) is 1. The summed E-state index contributed by atoms with van der Waals surface area (Å²) in [6.07, 6.45) is 0. The largest absolute Gasteiger partial charge is 0.480 e. The van der Waals surface area contributed by atoms with Gasteiger partial charge in [-0.05, 0) is 31.0 Å². The van der Waals surface area contributed by atoms with Crippen LogP contribution in [0.25, 0.3) is 0 Å². The van der Waals surface area contributed by atoms with Crippen molar-refractivity contribution in [1.29, 1.82) is 0 Å². The van der Waals surface area contributed by atoms with Gasteiger partial charge in [-0.25, -0.2) is 8.42 Å². The SMILES string of the molecule is Cc1ccc(C)c(NC(=O)CS(=O)(=O)CC(=O)O)c1. The van der Waals surface area contributed by atoms with E-state index in [2.05, 4.69) is 5.32 Å². The van der Waals surface area contributed by atoms with E-state index < -0.39 is 33.2 Å². The van der Waals surface area contributed by atoms with Gasteiger partial charge >= 0.3 is 5.97 Å². The second-order valence-corrected chi connectivity index (χ2v) is 6.36. The number of carbonyl (C=O) groups is 2. The Hall–Kier alpha value is -1.89. The van der Waals surface area contributed by atoms with Gasteiger partial charge in [0.05, 0.1) is 0 Å². The van der Waals surface area contributed by atoms with Crippen LogP contribution < -0.4 is 5.32 Å². The van der Waals surface area contributed by atoms with Crippen LogP contribution in [0.15, 0.2) is 18.2 Å². The molecular formula is C12H15NO5S. The highest BCUT2D eigenvalue weighted by Gasteiger charge is 2.20. The van der Waals surface area contributed by atoms with Gasteiger partial charge in [0, 0.05) is 5.69 Å². The first-order chi connectivity index (χ1) is 8.69. The number of carbonyl (C=O) groups excluding carboxylic acids is 1. The summed E-state index contributed by atoms with van der Waals surface area (Å²) in [6, 6.07) is 5.39. The van der Waals surface area contributed by atoms with E-state index in [1.54, 1.807) is 19.1 Å². The number of sulfone groups is 1. The van der Waals surface area contributed by atoms with Crippen LogP contribution in [0.1, 0.15) is 11.1 Å². The summed E-state index contributed by atoms with van der Waals surface area (Å²) in [5.74, 6) is -4.10.